The number of ether oxygens (including phenoxy) is 1. The lowest BCUT2D eigenvalue weighted by Crippen LogP contribution is -2.30. The summed E-state index contributed by atoms with van der Waals surface area (Å²) in [7, 11) is 0. The normalized spacial score (nSPS) is 11.8. The molecule has 0 spiro atoms. The third kappa shape index (κ3) is 3.84. The third-order valence-corrected chi connectivity index (χ3v) is 3.35. The highest BCUT2D eigenvalue weighted by Gasteiger charge is 2.15. The Balaban J connectivity index is 2.01. The lowest BCUT2D eigenvalue weighted by molar-refractivity contribution is -0.122. The highest BCUT2D eigenvalue weighted by Crippen LogP contribution is 2.19. The largest absolute Gasteiger partial charge is 0.481 e. The monoisotopic (exact) mass is 333 g/mol. The molecule has 0 heterocycles. The summed E-state index contributed by atoms with van der Waals surface area (Å²) >= 11 is 3.37. The van der Waals surface area contributed by atoms with Crippen molar-refractivity contribution in [2.75, 3.05) is 5.32 Å². The third-order valence-electron chi connectivity index (χ3n) is 2.86. The minimum absolute atomic E-state index is 0.175. The molecule has 0 aromatic heterocycles. The summed E-state index contributed by atoms with van der Waals surface area (Å²) in [6.07, 6.45) is -0.560. The number of para-hydroxylation sites is 1. The van der Waals surface area contributed by atoms with E-state index in [0.717, 1.165) is 21.5 Å². The van der Waals surface area contributed by atoms with Gasteiger partial charge < -0.3 is 10.1 Å². The lowest BCUT2D eigenvalue weighted by atomic mass is 10.2. The smallest absolute Gasteiger partial charge is 0.265 e. The second-order valence-corrected chi connectivity index (χ2v) is 5.44. The van der Waals surface area contributed by atoms with Crippen molar-refractivity contribution in [2.45, 2.75) is 20.0 Å². The summed E-state index contributed by atoms with van der Waals surface area (Å²) in [5.41, 5.74) is 1.75. The van der Waals surface area contributed by atoms with Gasteiger partial charge in [-0.15, -0.1) is 0 Å². The first-order valence-corrected chi connectivity index (χ1v) is 7.14. The van der Waals surface area contributed by atoms with E-state index in [1.54, 1.807) is 6.92 Å². The second kappa shape index (κ2) is 6.57. The van der Waals surface area contributed by atoms with Crippen molar-refractivity contribution in [1.29, 1.82) is 0 Å². The van der Waals surface area contributed by atoms with Crippen LogP contribution in [0.25, 0.3) is 0 Å². The molecular weight excluding hydrogens is 318 g/mol. The Bertz CT molecular complexity index is 613. The lowest BCUT2D eigenvalue weighted by Gasteiger charge is -2.16. The molecule has 2 aromatic carbocycles. The predicted molar refractivity (Wildman–Crippen MR) is 84.0 cm³/mol. The van der Waals surface area contributed by atoms with E-state index in [4.69, 9.17) is 4.74 Å². The molecule has 0 bridgehead atoms. The van der Waals surface area contributed by atoms with Gasteiger partial charge in [0.15, 0.2) is 6.10 Å². The molecule has 104 valence electrons. The van der Waals surface area contributed by atoms with Crippen LogP contribution in [-0.4, -0.2) is 12.0 Å². The minimum Gasteiger partial charge on any atom is -0.481 e. The fourth-order valence-electron chi connectivity index (χ4n) is 1.74. The predicted octanol–water partition coefficient (Wildman–Crippen LogP) is 4.16. The van der Waals surface area contributed by atoms with Crippen LogP contribution >= 0.6 is 15.9 Å². The molecule has 1 atom stereocenters. The number of hydrogen-bond donors (Lipinski definition) is 1. The van der Waals surface area contributed by atoms with Crippen molar-refractivity contribution in [2.24, 2.45) is 0 Å². The maximum absolute atomic E-state index is 12.1. The van der Waals surface area contributed by atoms with E-state index >= 15 is 0 Å². The van der Waals surface area contributed by atoms with Gasteiger partial charge >= 0.3 is 0 Å². The molecule has 20 heavy (non-hydrogen) atoms. The number of amides is 1. The summed E-state index contributed by atoms with van der Waals surface area (Å²) < 4.78 is 6.60. The SMILES string of the molecule is Cc1ccccc1O[C@@H](C)C(=O)Nc1cccc(Br)c1. The molecule has 0 aliphatic heterocycles. The summed E-state index contributed by atoms with van der Waals surface area (Å²) in [4.78, 5) is 12.1. The van der Waals surface area contributed by atoms with Gasteiger partial charge in [0.25, 0.3) is 5.91 Å². The molecule has 0 aliphatic rings. The Morgan fingerprint density at radius 3 is 2.65 bits per heavy atom. The fraction of sp³-hybridized carbons (Fsp3) is 0.188. The van der Waals surface area contributed by atoms with E-state index < -0.39 is 6.10 Å². The number of benzene rings is 2. The standard InChI is InChI=1S/C16H16BrNO2/c1-11-6-3-4-9-15(11)20-12(2)16(19)18-14-8-5-7-13(17)10-14/h3-10,12H,1-2H3,(H,18,19)/t12-/m0/s1. The molecule has 2 rings (SSSR count). The molecule has 0 saturated carbocycles. The molecular formula is C16H16BrNO2. The van der Waals surface area contributed by atoms with Crippen molar-refractivity contribution in [3.8, 4) is 5.75 Å². The molecule has 4 heteroatoms. The van der Waals surface area contributed by atoms with E-state index in [0.29, 0.717) is 0 Å². The van der Waals surface area contributed by atoms with Crippen LogP contribution in [0.4, 0.5) is 5.69 Å². The van der Waals surface area contributed by atoms with Gasteiger partial charge in [-0.2, -0.15) is 0 Å². The zero-order valence-electron chi connectivity index (χ0n) is 11.4. The molecule has 2 aromatic rings. The Morgan fingerprint density at radius 1 is 1.20 bits per heavy atom. The van der Waals surface area contributed by atoms with Gasteiger partial charge in [-0.1, -0.05) is 40.2 Å². The maximum atomic E-state index is 12.1. The van der Waals surface area contributed by atoms with E-state index in [1.807, 2.05) is 55.5 Å². The van der Waals surface area contributed by atoms with E-state index in [9.17, 15) is 4.79 Å². The van der Waals surface area contributed by atoms with Crippen LogP contribution < -0.4 is 10.1 Å². The van der Waals surface area contributed by atoms with Crippen LogP contribution in [0.5, 0.6) is 5.75 Å². The Hall–Kier alpha value is -1.81. The molecule has 0 fully saturated rings. The molecule has 0 aliphatic carbocycles. The minimum atomic E-state index is -0.560. The van der Waals surface area contributed by atoms with Gasteiger partial charge in [-0.05, 0) is 43.7 Å². The molecule has 0 saturated heterocycles. The number of halogens is 1. The summed E-state index contributed by atoms with van der Waals surface area (Å²) in [5.74, 6) is 0.552. The van der Waals surface area contributed by atoms with Crippen LogP contribution in [-0.2, 0) is 4.79 Å². The zero-order valence-corrected chi connectivity index (χ0v) is 13.0. The van der Waals surface area contributed by atoms with Crippen molar-refractivity contribution in [3.63, 3.8) is 0 Å². The Labute approximate surface area is 127 Å². The number of carbonyl (C=O) groups excluding carboxylic acids is 1. The van der Waals surface area contributed by atoms with Gasteiger partial charge in [0, 0.05) is 10.2 Å². The van der Waals surface area contributed by atoms with Crippen molar-refractivity contribution < 1.29 is 9.53 Å². The first kappa shape index (κ1) is 14.6. The number of aryl methyl sites for hydroxylation is 1. The van der Waals surface area contributed by atoms with Crippen LogP contribution in [0.15, 0.2) is 53.0 Å². The highest BCUT2D eigenvalue weighted by atomic mass is 79.9. The van der Waals surface area contributed by atoms with E-state index in [1.165, 1.54) is 0 Å². The van der Waals surface area contributed by atoms with Gasteiger partial charge in [0.05, 0.1) is 0 Å². The van der Waals surface area contributed by atoms with Crippen molar-refractivity contribution in [1.82, 2.24) is 0 Å². The maximum Gasteiger partial charge on any atom is 0.265 e. The van der Waals surface area contributed by atoms with Crippen LogP contribution in [0.1, 0.15) is 12.5 Å². The van der Waals surface area contributed by atoms with E-state index in [2.05, 4.69) is 21.2 Å². The first-order chi connectivity index (χ1) is 9.56. The average Bonchev–Trinajstić information content (AvgIpc) is 2.41. The molecule has 0 unspecified atom stereocenters. The number of carbonyl (C=O) groups is 1. The van der Waals surface area contributed by atoms with Gasteiger partial charge in [-0.25, -0.2) is 0 Å². The highest BCUT2D eigenvalue weighted by molar-refractivity contribution is 9.10. The summed E-state index contributed by atoms with van der Waals surface area (Å²) in [6.45, 7) is 3.69. The summed E-state index contributed by atoms with van der Waals surface area (Å²) in [5, 5.41) is 2.83. The van der Waals surface area contributed by atoms with Crippen molar-refractivity contribution >= 4 is 27.5 Å². The Kier molecular flexibility index (Phi) is 4.79. The number of anilines is 1. The van der Waals surface area contributed by atoms with Gasteiger partial charge in [-0.3, -0.25) is 4.79 Å². The zero-order chi connectivity index (χ0) is 14.5. The molecule has 0 radical (unpaired) electrons. The van der Waals surface area contributed by atoms with Gasteiger partial charge in [0.1, 0.15) is 5.75 Å². The topological polar surface area (TPSA) is 38.3 Å². The van der Waals surface area contributed by atoms with Crippen LogP contribution in [0, 0.1) is 6.92 Å². The summed E-state index contributed by atoms with van der Waals surface area (Å²) in [6, 6.07) is 15.1. The molecule has 1 N–H and O–H groups in total. The molecule has 1 amide bonds. The average molecular weight is 334 g/mol. The number of nitrogens with one attached hydrogen (secondary N) is 1. The second-order valence-electron chi connectivity index (χ2n) is 4.53. The fourth-order valence-corrected chi connectivity index (χ4v) is 2.14. The van der Waals surface area contributed by atoms with E-state index in [-0.39, 0.29) is 5.91 Å². The first-order valence-electron chi connectivity index (χ1n) is 6.35. The van der Waals surface area contributed by atoms with Gasteiger partial charge in [0.2, 0.25) is 0 Å². The molecule has 3 nitrogen and oxygen atoms in total. The van der Waals surface area contributed by atoms with Crippen molar-refractivity contribution in [3.05, 3.63) is 58.6 Å². The van der Waals surface area contributed by atoms with Crippen LogP contribution in [0.2, 0.25) is 0 Å². The quantitative estimate of drug-likeness (QED) is 0.912. The number of rotatable bonds is 4. The Morgan fingerprint density at radius 2 is 1.95 bits per heavy atom. The number of hydrogen-bond acceptors (Lipinski definition) is 2. The van der Waals surface area contributed by atoms with Crippen LogP contribution in [0.3, 0.4) is 0 Å².